The zero-order chi connectivity index (χ0) is 18.7. The van der Waals surface area contributed by atoms with Crippen LogP contribution in [0.3, 0.4) is 0 Å². The average Bonchev–Trinajstić information content (AvgIpc) is 2.62. The minimum atomic E-state index is -4.39. The Morgan fingerprint density at radius 2 is 1.92 bits per heavy atom. The van der Waals surface area contributed by atoms with Crippen LogP contribution in [0.2, 0.25) is 0 Å². The van der Waals surface area contributed by atoms with E-state index in [1.165, 1.54) is 12.1 Å². The van der Waals surface area contributed by atoms with Crippen LogP contribution < -0.4 is 5.32 Å². The first kappa shape index (κ1) is 18.0. The Hall–Kier alpha value is -2.83. The molecule has 1 aromatic carbocycles. The average molecular weight is 361 g/mol. The lowest BCUT2D eigenvalue weighted by Crippen LogP contribution is -2.38. The van der Waals surface area contributed by atoms with Crippen molar-refractivity contribution in [1.82, 2.24) is 9.88 Å². The zero-order valence-corrected chi connectivity index (χ0v) is 14.2. The van der Waals surface area contributed by atoms with Gasteiger partial charge in [0.1, 0.15) is 0 Å². The normalized spacial score (nSPS) is 14.8. The summed E-state index contributed by atoms with van der Waals surface area (Å²) >= 11 is 0. The maximum Gasteiger partial charge on any atom is 0.416 e. The number of anilines is 1. The van der Waals surface area contributed by atoms with Crippen molar-refractivity contribution in [2.45, 2.75) is 19.5 Å². The van der Waals surface area contributed by atoms with Crippen LogP contribution in [0.15, 0.2) is 48.7 Å². The third-order valence-corrected chi connectivity index (χ3v) is 4.27. The second-order valence-corrected chi connectivity index (χ2v) is 6.10. The fourth-order valence-electron chi connectivity index (χ4n) is 2.84. The molecule has 1 aromatic heterocycles. The second kappa shape index (κ2) is 7.19. The molecular weight excluding hydrogens is 343 g/mol. The highest BCUT2D eigenvalue weighted by Gasteiger charge is 2.30. The Labute approximate surface area is 149 Å². The molecule has 4 nitrogen and oxygen atoms in total. The Kier molecular flexibility index (Phi) is 4.97. The van der Waals surface area contributed by atoms with Crippen LogP contribution in [-0.4, -0.2) is 29.0 Å². The number of aromatic nitrogens is 1. The van der Waals surface area contributed by atoms with Gasteiger partial charge in [-0.3, -0.25) is 4.98 Å². The molecule has 0 aliphatic carbocycles. The molecule has 0 radical (unpaired) electrons. The summed E-state index contributed by atoms with van der Waals surface area (Å²) in [6, 6.07) is 7.95. The molecule has 1 aliphatic rings. The number of hydrogen-bond donors (Lipinski definition) is 1. The number of nitrogens with zero attached hydrogens (tertiary/aromatic N) is 2. The largest absolute Gasteiger partial charge is 0.416 e. The molecule has 2 heterocycles. The summed E-state index contributed by atoms with van der Waals surface area (Å²) in [5.41, 5.74) is 2.71. The number of nitrogens with one attached hydrogen (secondary N) is 1. The molecule has 0 bridgehead atoms. The molecule has 26 heavy (non-hydrogen) atoms. The number of aryl methyl sites for hydroxylation is 1. The van der Waals surface area contributed by atoms with Gasteiger partial charge in [0, 0.05) is 25.0 Å². The molecule has 0 fully saturated rings. The SMILES string of the molecule is Cc1cccnc1C1=CCN(C(=O)Nc2ccc(C(F)(F)F)cc2)CC1. The van der Waals surface area contributed by atoms with Crippen molar-refractivity contribution in [2.75, 3.05) is 18.4 Å². The van der Waals surface area contributed by atoms with Gasteiger partial charge in [-0.2, -0.15) is 13.2 Å². The van der Waals surface area contributed by atoms with Crippen molar-refractivity contribution in [1.29, 1.82) is 0 Å². The number of halogens is 3. The number of rotatable bonds is 2. The number of carbonyl (C=O) groups is 1. The molecule has 1 aliphatic heterocycles. The van der Waals surface area contributed by atoms with Gasteiger partial charge in [0.2, 0.25) is 0 Å². The summed E-state index contributed by atoms with van der Waals surface area (Å²) in [6.45, 7) is 2.94. The van der Waals surface area contributed by atoms with Gasteiger partial charge in [-0.15, -0.1) is 0 Å². The summed E-state index contributed by atoms with van der Waals surface area (Å²) < 4.78 is 37.7. The van der Waals surface area contributed by atoms with Crippen molar-refractivity contribution in [2.24, 2.45) is 0 Å². The van der Waals surface area contributed by atoms with E-state index in [0.29, 0.717) is 25.2 Å². The van der Waals surface area contributed by atoms with Crippen LogP contribution in [0.4, 0.5) is 23.7 Å². The fraction of sp³-hybridized carbons (Fsp3) is 0.263. The first-order chi connectivity index (χ1) is 12.3. The van der Waals surface area contributed by atoms with Gasteiger partial charge in [0.05, 0.1) is 11.3 Å². The minimum Gasteiger partial charge on any atom is -0.320 e. The lowest BCUT2D eigenvalue weighted by Gasteiger charge is -2.27. The van der Waals surface area contributed by atoms with Crippen molar-refractivity contribution < 1.29 is 18.0 Å². The van der Waals surface area contributed by atoms with E-state index >= 15 is 0 Å². The van der Waals surface area contributed by atoms with Gasteiger partial charge in [0.15, 0.2) is 0 Å². The molecule has 0 atom stereocenters. The molecule has 136 valence electrons. The Balaban J connectivity index is 1.63. The van der Waals surface area contributed by atoms with Crippen LogP contribution >= 0.6 is 0 Å². The van der Waals surface area contributed by atoms with Crippen molar-refractivity contribution in [3.8, 4) is 0 Å². The molecule has 2 amide bonds. The van der Waals surface area contributed by atoms with Crippen LogP contribution in [0.25, 0.3) is 5.57 Å². The molecule has 0 saturated carbocycles. The number of carbonyl (C=O) groups excluding carboxylic acids is 1. The monoisotopic (exact) mass is 361 g/mol. The van der Waals surface area contributed by atoms with E-state index in [4.69, 9.17) is 0 Å². The molecule has 7 heteroatoms. The standard InChI is InChI=1S/C19H18F3N3O/c1-13-3-2-10-23-17(13)14-8-11-25(12-9-14)18(26)24-16-6-4-15(5-7-16)19(20,21)22/h2-8,10H,9,11-12H2,1H3,(H,24,26). The predicted octanol–water partition coefficient (Wildman–Crippen LogP) is 4.73. The van der Waals surface area contributed by atoms with E-state index in [2.05, 4.69) is 10.3 Å². The van der Waals surface area contributed by atoms with E-state index in [-0.39, 0.29) is 6.03 Å². The van der Waals surface area contributed by atoms with Crippen LogP contribution in [0.1, 0.15) is 23.2 Å². The third kappa shape index (κ3) is 4.04. The fourth-order valence-corrected chi connectivity index (χ4v) is 2.84. The van der Waals surface area contributed by atoms with Crippen molar-refractivity contribution >= 4 is 17.3 Å². The Bertz CT molecular complexity index is 829. The second-order valence-electron chi connectivity index (χ2n) is 6.10. The number of hydrogen-bond acceptors (Lipinski definition) is 2. The van der Waals surface area contributed by atoms with E-state index in [0.717, 1.165) is 29.0 Å². The van der Waals surface area contributed by atoms with Gasteiger partial charge in [0.25, 0.3) is 0 Å². The highest BCUT2D eigenvalue weighted by Crippen LogP contribution is 2.30. The van der Waals surface area contributed by atoms with Crippen molar-refractivity contribution in [3.05, 3.63) is 65.5 Å². The van der Waals surface area contributed by atoms with Gasteiger partial charge in [-0.25, -0.2) is 4.79 Å². The lowest BCUT2D eigenvalue weighted by atomic mass is 10.0. The lowest BCUT2D eigenvalue weighted by molar-refractivity contribution is -0.137. The summed E-state index contributed by atoms with van der Waals surface area (Å²) in [4.78, 5) is 18.3. The number of benzene rings is 1. The number of urea groups is 1. The zero-order valence-electron chi connectivity index (χ0n) is 14.2. The van der Waals surface area contributed by atoms with Crippen LogP contribution in [0.5, 0.6) is 0 Å². The molecule has 0 saturated heterocycles. The summed E-state index contributed by atoms with van der Waals surface area (Å²) in [7, 11) is 0. The van der Waals surface area contributed by atoms with Gasteiger partial charge >= 0.3 is 12.2 Å². The Morgan fingerprint density at radius 1 is 1.19 bits per heavy atom. The first-order valence-electron chi connectivity index (χ1n) is 8.19. The number of alkyl halides is 3. The van der Waals surface area contributed by atoms with Crippen molar-refractivity contribution in [3.63, 3.8) is 0 Å². The minimum absolute atomic E-state index is 0.332. The predicted molar refractivity (Wildman–Crippen MR) is 93.6 cm³/mol. The van der Waals surface area contributed by atoms with E-state index in [1.54, 1.807) is 11.1 Å². The highest BCUT2D eigenvalue weighted by atomic mass is 19.4. The maximum absolute atomic E-state index is 12.6. The third-order valence-electron chi connectivity index (χ3n) is 4.27. The van der Waals surface area contributed by atoms with Crippen LogP contribution in [0, 0.1) is 6.92 Å². The van der Waals surface area contributed by atoms with E-state index < -0.39 is 11.7 Å². The summed E-state index contributed by atoms with van der Waals surface area (Å²) in [5.74, 6) is 0. The quantitative estimate of drug-likeness (QED) is 0.840. The van der Waals surface area contributed by atoms with Gasteiger partial charge in [-0.05, 0) is 54.8 Å². The Morgan fingerprint density at radius 3 is 2.50 bits per heavy atom. The maximum atomic E-state index is 12.6. The van der Waals surface area contributed by atoms with Crippen LogP contribution in [-0.2, 0) is 6.18 Å². The number of pyridine rings is 1. The highest BCUT2D eigenvalue weighted by molar-refractivity contribution is 5.90. The summed E-state index contributed by atoms with van der Waals surface area (Å²) in [6.07, 6.45) is -0.00345. The number of amides is 2. The first-order valence-corrected chi connectivity index (χ1v) is 8.19. The molecule has 3 rings (SSSR count). The topological polar surface area (TPSA) is 45.2 Å². The van der Waals surface area contributed by atoms with E-state index in [9.17, 15) is 18.0 Å². The summed E-state index contributed by atoms with van der Waals surface area (Å²) in [5, 5.41) is 2.63. The smallest absolute Gasteiger partial charge is 0.320 e. The molecule has 0 spiro atoms. The molecule has 0 unspecified atom stereocenters. The molecule has 1 N–H and O–H groups in total. The van der Waals surface area contributed by atoms with Gasteiger partial charge in [-0.1, -0.05) is 12.1 Å². The molecular formula is C19H18F3N3O. The molecule has 2 aromatic rings. The van der Waals surface area contributed by atoms with Gasteiger partial charge < -0.3 is 10.2 Å². The van der Waals surface area contributed by atoms with E-state index in [1.807, 2.05) is 25.1 Å².